The third-order valence-electron chi connectivity index (χ3n) is 5.50. The zero-order valence-electron chi connectivity index (χ0n) is 16.1. The Labute approximate surface area is 160 Å². The topological polar surface area (TPSA) is 38.3 Å². The van der Waals surface area contributed by atoms with Crippen molar-refractivity contribution < 1.29 is 9.53 Å². The van der Waals surface area contributed by atoms with Gasteiger partial charge in [0, 0.05) is 11.6 Å². The summed E-state index contributed by atoms with van der Waals surface area (Å²) in [5.41, 5.74) is 8.16. The molecule has 1 atom stereocenters. The molecular formula is C24H25NO2. The van der Waals surface area contributed by atoms with E-state index in [9.17, 15) is 4.79 Å². The molecule has 0 saturated carbocycles. The first kappa shape index (κ1) is 17.7. The van der Waals surface area contributed by atoms with E-state index in [0.717, 1.165) is 18.4 Å². The number of fused-ring (bicyclic) bond motifs is 2. The summed E-state index contributed by atoms with van der Waals surface area (Å²) in [5.74, 6) is -0.340. The molecule has 1 aliphatic heterocycles. The summed E-state index contributed by atoms with van der Waals surface area (Å²) in [5, 5.41) is 3.84. The Balaban J connectivity index is 1.66. The molecule has 0 saturated heterocycles. The van der Waals surface area contributed by atoms with Gasteiger partial charge in [0.05, 0.1) is 13.2 Å². The van der Waals surface area contributed by atoms with Crippen molar-refractivity contribution in [1.29, 1.82) is 0 Å². The Hall–Kier alpha value is -2.65. The highest BCUT2D eigenvalue weighted by Gasteiger charge is 2.37. The van der Waals surface area contributed by atoms with Gasteiger partial charge < -0.3 is 10.1 Å². The van der Waals surface area contributed by atoms with Crippen LogP contribution in [0.2, 0.25) is 0 Å². The van der Waals surface area contributed by atoms with Crippen LogP contribution in [0.5, 0.6) is 0 Å². The minimum absolute atomic E-state index is 0.0460. The lowest BCUT2D eigenvalue weighted by Crippen LogP contribution is -2.45. The second-order valence-electron chi connectivity index (χ2n) is 8.00. The first-order valence-corrected chi connectivity index (χ1v) is 9.41. The SMILES string of the molecule is COC(=O)/C=C/c1ccc(C2NC(C)(C)CC3=C2Cc2ccccc23)cc1. The molecule has 2 aromatic rings. The molecule has 1 N–H and O–H groups in total. The lowest BCUT2D eigenvalue weighted by molar-refractivity contribution is -0.134. The van der Waals surface area contributed by atoms with Crippen molar-refractivity contribution in [2.24, 2.45) is 0 Å². The molecule has 3 nitrogen and oxygen atoms in total. The average Bonchev–Trinajstić information content (AvgIpc) is 3.03. The maximum atomic E-state index is 11.3. The number of nitrogens with one attached hydrogen (secondary N) is 1. The van der Waals surface area contributed by atoms with E-state index < -0.39 is 0 Å². The number of hydrogen-bond acceptors (Lipinski definition) is 3. The molecule has 138 valence electrons. The summed E-state index contributed by atoms with van der Waals surface area (Å²) in [6, 6.07) is 17.4. The largest absolute Gasteiger partial charge is 0.466 e. The van der Waals surface area contributed by atoms with Crippen LogP contribution in [-0.4, -0.2) is 18.6 Å². The molecule has 0 aromatic heterocycles. The number of rotatable bonds is 3. The standard InChI is InChI=1S/C24H25NO2/c1-24(2)15-21-19-7-5-4-6-18(19)14-20(21)23(25-24)17-11-8-16(9-12-17)10-13-22(26)27-3/h4-13,23,25H,14-15H2,1-3H3/b13-10+. The van der Waals surface area contributed by atoms with Crippen molar-refractivity contribution in [3.63, 3.8) is 0 Å². The number of esters is 1. The van der Waals surface area contributed by atoms with Crippen molar-refractivity contribution in [1.82, 2.24) is 5.32 Å². The molecule has 0 fully saturated rings. The molecule has 0 radical (unpaired) electrons. The first-order valence-electron chi connectivity index (χ1n) is 9.41. The van der Waals surface area contributed by atoms with Crippen molar-refractivity contribution in [3.05, 3.63) is 82.4 Å². The maximum Gasteiger partial charge on any atom is 0.330 e. The number of benzene rings is 2. The quantitative estimate of drug-likeness (QED) is 0.638. The Morgan fingerprint density at radius 3 is 2.63 bits per heavy atom. The monoisotopic (exact) mass is 359 g/mol. The fourth-order valence-corrected chi connectivity index (χ4v) is 4.23. The van der Waals surface area contributed by atoms with Crippen molar-refractivity contribution in [2.45, 2.75) is 38.3 Å². The summed E-state index contributed by atoms with van der Waals surface area (Å²) in [6.45, 7) is 4.55. The highest BCUT2D eigenvalue weighted by atomic mass is 16.5. The Morgan fingerprint density at radius 2 is 1.89 bits per heavy atom. The maximum absolute atomic E-state index is 11.3. The van der Waals surface area contributed by atoms with Crippen molar-refractivity contribution >= 4 is 17.6 Å². The van der Waals surface area contributed by atoms with Gasteiger partial charge >= 0.3 is 5.97 Å². The second kappa shape index (κ2) is 6.82. The predicted molar refractivity (Wildman–Crippen MR) is 109 cm³/mol. The lowest BCUT2D eigenvalue weighted by Gasteiger charge is -2.39. The molecule has 2 aliphatic rings. The van der Waals surface area contributed by atoms with E-state index in [0.29, 0.717) is 0 Å². The molecule has 1 unspecified atom stereocenters. The van der Waals surface area contributed by atoms with Gasteiger partial charge in [-0.3, -0.25) is 0 Å². The van der Waals surface area contributed by atoms with Gasteiger partial charge in [0.2, 0.25) is 0 Å². The molecule has 27 heavy (non-hydrogen) atoms. The molecule has 1 aliphatic carbocycles. The summed E-state index contributed by atoms with van der Waals surface area (Å²) in [7, 11) is 1.39. The van der Waals surface area contributed by atoms with Crippen molar-refractivity contribution in [3.8, 4) is 0 Å². The van der Waals surface area contributed by atoms with Crippen LogP contribution in [0.1, 0.15) is 48.6 Å². The van der Waals surface area contributed by atoms with Gasteiger partial charge in [-0.05, 0) is 66.2 Å². The van der Waals surface area contributed by atoms with Crippen LogP contribution < -0.4 is 5.32 Å². The number of carbonyl (C=O) groups is 1. The van der Waals surface area contributed by atoms with Gasteiger partial charge in [-0.1, -0.05) is 48.5 Å². The van der Waals surface area contributed by atoms with Crippen LogP contribution in [0.3, 0.4) is 0 Å². The van der Waals surface area contributed by atoms with E-state index in [1.54, 1.807) is 6.08 Å². The highest BCUT2D eigenvalue weighted by molar-refractivity contribution is 5.87. The second-order valence-corrected chi connectivity index (χ2v) is 8.00. The van der Waals surface area contributed by atoms with E-state index in [1.165, 1.54) is 41.0 Å². The van der Waals surface area contributed by atoms with E-state index in [2.05, 4.69) is 72.4 Å². The fraction of sp³-hybridized carbons (Fsp3) is 0.292. The Kier molecular flexibility index (Phi) is 4.48. The highest BCUT2D eigenvalue weighted by Crippen LogP contribution is 2.46. The predicted octanol–water partition coefficient (Wildman–Crippen LogP) is 4.70. The molecule has 0 spiro atoms. The third kappa shape index (κ3) is 3.47. The van der Waals surface area contributed by atoms with E-state index >= 15 is 0 Å². The van der Waals surface area contributed by atoms with Crippen LogP contribution >= 0.6 is 0 Å². The minimum Gasteiger partial charge on any atom is -0.466 e. The number of hydrogen-bond donors (Lipinski definition) is 1. The summed E-state index contributed by atoms with van der Waals surface area (Å²) in [6.07, 6.45) is 5.30. The van der Waals surface area contributed by atoms with Crippen LogP contribution in [-0.2, 0) is 16.0 Å². The van der Waals surface area contributed by atoms with E-state index in [-0.39, 0.29) is 17.6 Å². The summed E-state index contributed by atoms with van der Waals surface area (Å²) >= 11 is 0. The van der Waals surface area contributed by atoms with Gasteiger partial charge in [-0.15, -0.1) is 0 Å². The molecular weight excluding hydrogens is 334 g/mol. The van der Waals surface area contributed by atoms with Gasteiger partial charge in [0.15, 0.2) is 0 Å². The van der Waals surface area contributed by atoms with Gasteiger partial charge in [0.25, 0.3) is 0 Å². The summed E-state index contributed by atoms with van der Waals surface area (Å²) < 4.78 is 4.65. The van der Waals surface area contributed by atoms with E-state index in [4.69, 9.17) is 0 Å². The molecule has 1 heterocycles. The Morgan fingerprint density at radius 1 is 1.15 bits per heavy atom. The number of ether oxygens (including phenoxy) is 1. The van der Waals surface area contributed by atoms with Crippen LogP contribution in [0.25, 0.3) is 11.6 Å². The normalized spacial score (nSPS) is 20.5. The van der Waals surface area contributed by atoms with Gasteiger partial charge in [-0.25, -0.2) is 4.79 Å². The molecule has 3 heteroatoms. The van der Waals surface area contributed by atoms with Crippen LogP contribution in [0.15, 0.2) is 60.2 Å². The van der Waals surface area contributed by atoms with Crippen LogP contribution in [0, 0.1) is 0 Å². The van der Waals surface area contributed by atoms with Gasteiger partial charge in [-0.2, -0.15) is 0 Å². The zero-order chi connectivity index (χ0) is 19.0. The lowest BCUT2D eigenvalue weighted by atomic mass is 9.81. The van der Waals surface area contributed by atoms with Crippen LogP contribution in [0.4, 0.5) is 0 Å². The number of carbonyl (C=O) groups excluding carboxylic acids is 1. The average molecular weight is 359 g/mol. The molecule has 4 rings (SSSR count). The van der Waals surface area contributed by atoms with E-state index in [1.807, 2.05) is 0 Å². The van der Waals surface area contributed by atoms with Gasteiger partial charge in [0.1, 0.15) is 0 Å². The third-order valence-corrected chi connectivity index (χ3v) is 5.50. The number of methoxy groups -OCH3 is 1. The first-order chi connectivity index (χ1) is 13.0. The molecule has 0 amide bonds. The Bertz CT molecular complexity index is 935. The molecule has 0 bridgehead atoms. The fourth-order valence-electron chi connectivity index (χ4n) is 4.23. The van der Waals surface area contributed by atoms with Crippen molar-refractivity contribution in [2.75, 3.05) is 7.11 Å². The molecule has 2 aromatic carbocycles. The zero-order valence-corrected chi connectivity index (χ0v) is 16.1. The smallest absolute Gasteiger partial charge is 0.330 e. The minimum atomic E-state index is -0.340. The summed E-state index contributed by atoms with van der Waals surface area (Å²) in [4.78, 5) is 11.3.